The van der Waals surface area contributed by atoms with Crippen LogP contribution >= 0.6 is 37.5 Å². The fourth-order valence-electron chi connectivity index (χ4n) is 1.12. The molecule has 0 unspecified atom stereocenters. The van der Waals surface area contributed by atoms with E-state index in [0.717, 1.165) is 25.2 Å². The number of phosphoric acid groups is 1. The van der Waals surface area contributed by atoms with Crippen molar-refractivity contribution in [3.8, 4) is 0 Å². The number of thiol groups is 2. The molecule has 0 heterocycles. The van der Waals surface area contributed by atoms with Crippen LogP contribution in [-0.2, 0) is 4.57 Å². The third-order valence-electron chi connectivity index (χ3n) is 2.00. The molecule has 0 aromatic carbocycles. The van der Waals surface area contributed by atoms with E-state index in [9.17, 15) is 0 Å². The van der Waals surface area contributed by atoms with Gasteiger partial charge >= 0.3 is 94.8 Å². The summed E-state index contributed by atoms with van der Waals surface area (Å²) in [5.41, 5.74) is 6.19. The first-order valence-corrected chi connectivity index (χ1v) is 12.0. The van der Waals surface area contributed by atoms with Gasteiger partial charge in [-0.3, -0.25) is 0 Å². The van der Waals surface area contributed by atoms with Crippen LogP contribution in [-0.4, -0.2) is 27.0 Å². The molecule has 0 atom stereocenters. The topological polar surface area (TPSA) is 104 Å². The largest absolute Gasteiger partial charge is 0.466 e. The number of rotatable bonds is 6. The fraction of sp³-hybridized carbons (Fsp3) is 1.00. The van der Waals surface area contributed by atoms with Crippen LogP contribution in [0.1, 0.15) is 39.5 Å². The molecule has 5 nitrogen and oxygen atoms in total. The van der Waals surface area contributed by atoms with Gasteiger partial charge in [0.2, 0.25) is 0 Å². The Hall–Kier alpha value is 1.20. The minimum Gasteiger partial charge on any atom is -0.303 e. The van der Waals surface area contributed by atoms with Crippen LogP contribution in [0.2, 0.25) is 0 Å². The molecule has 0 fully saturated rings. The van der Waals surface area contributed by atoms with Gasteiger partial charge in [0, 0.05) is 0 Å². The van der Waals surface area contributed by atoms with Crippen molar-refractivity contribution >= 4 is 37.5 Å². The third kappa shape index (κ3) is 22.8. The van der Waals surface area contributed by atoms with Gasteiger partial charge in [-0.25, -0.2) is 4.57 Å². The Morgan fingerprint density at radius 2 is 1.29 bits per heavy atom. The standard InChI is InChI=1S/C8H22NPS2.H3O4P/c1-3-5-7-10(9,11,12)8-6-4-2;1-5(2,3)4/h11-12H,3-9H2,1-2H3;(H3,1,2,3,4). The van der Waals surface area contributed by atoms with Crippen LogP contribution in [0.15, 0.2) is 0 Å². The zero-order valence-electron chi connectivity index (χ0n) is 10.4. The molecule has 0 rings (SSSR count). The van der Waals surface area contributed by atoms with E-state index in [0.29, 0.717) is 0 Å². The van der Waals surface area contributed by atoms with E-state index >= 15 is 0 Å². The minimum absolute atomic E-state index is 1.01. The molecule has 9 heteroatoms. The molecule has 0 aliphatic carbocycles. The maximum Gasteiger partial charge on any atom is 0.466 e. The summed E-state index contributed by atoms with van der Waals surface area (Å²) in [6.45, 7) is 4.35. The Balaban J connectivity index is 0. The summed E-state index contributed by atoms with van der Waals surface area (Å²) in [6, 6.07) is 0. The Kier molecular flexibility index (Phi) is 10.1. The molecule has 0 radical (unpaired) electrons. The van der Waals surface area contributed by atoms with Crippen molar-refractivity contribution in [1.29, 1.82) is 0 Å². The molecule has 0 bridgehead atoms. The quantitative estimate of drug-likeness (QED) is 0.333. The van der Waals surface area contributed by atoms with Crippen molar-refractivity contribution in [2.24, 2.45) is 5.50 Å². The van der Waals surface area contributed by atoms with Crippen LogP contribution in [0.4, 0.5) is 0 Å². The first kappa shape index (κ1) is 20.5. The second-order valence-corrected chi connectivity index (χ2v) is 15.9. The van der Waals surface area contributed by atoms with Crippen LogP contribution in [0, 0.1) is 0 Å². The first-order chi connectivity index (χ1) is 7.39. The third-order valence-corrected chi connectivity index (χ3v) is 6.98. The predicted octanol–water partition coefficient (Wildman–Crippen LogP) is 2.77. The van der Waals surface area contributed by atoms with Crippen LogP contribution in [0.3, 0.4) is 0 Å². The fourth-order valence-corrected chi connectivity index (χ4v) is 5.05. The Morgan fingerprint density at radius 1 is 1.06 bits per heavy atom. The molecule has 17 heavy (non-hydrogen) atoms. The second kappa shape index (κ2) is 8.39. The molecule has 0 saturated heterocycles. The van der Waals surface area contributed by atoms with E-state index < -0.39 is 13.0 Å². The van der Waals surface area contributed by atoms with Gasteiger partial charge in [-0.2, -0.15) is 0 Å². The minimum atomic E-state index is -4.64. The molecule has 0 spiro atoms. The first-order valence-electron chi connectivity index (χ1n) is 5.49. The number of hydrogen-bond acceptors (Lipinski definition) is 4. The summed E-state index contributed by atoms with van der Waals surface area (Å²) < 4.78 is 8.88. The van der Waals surface area contributed by atoms with Gasteiger partial charge in [0.05, 0.1) is 0 Å². The molecule has 5 N–H and O–H groups in total. The smallest absolute Gasteiger partial charge is 0.303 e. The molecule has 0 aromatic rings. The number of hydrogen-bond donors (Lipinski definition) is 6. The summed E-state index contributed by atoms with van der Waals surface area (Å²) in [5.74, 6) is 0. The molecule has 108 valence electrons. The van der Waals surface area contributed by atoms with Crippen molar-refractivity contribution in [2.75, 3.05) is 12.3 Å². The van der Waals surface area contributed by atoms with Gasteiger partial charge < -0.3 is 14.7 Å². The molecular weight excluding hydrogens is 300 g/mol. The van der Waals surface area contributed by atoms with E-state index in [2.05, 4.69) is 38.3 Å². The molecule has 0 aliphatic heterocycles. The van der Waals surface area contributed by atoms with E-state index in [4.69, 9.17) is 24.7 Å². The molecular formula is C8H25NO4P2S2. The van der Waals surface area contributed by atoms with Gasteiger partial charge in [-0.05, 0) is 0 Å². The van der Waals surface area contributed by atoms with E-state index in [-0.39, 0.29) is 0 Å². The normalized spacial score (nSPS) is 14.5. The number of unbranched alkanes of at least 4 members (excludes halogenated alkanes) is 2. The molecule has 0 saturated carbocycles. The summed E-state index contributed by atoms with van der Waals surface area (Å²) in [4.78, 5) is 21.6. The Morgan fingerprint density at radius 3 is 1.47 bits per heavy atom. The van der Waals surface area contributed by atoms with E-state index in [1.165, 1.54) is 12.8 Å². The summed E-state index contributed by atoms with van der Waals surface area (Å²) in [6.07, 6.45) is 6.70. The summed E-state index contributed by atoms with van der Waals surface area (Å²) in [5, 5.41) is -2.32. The monoisotopic (exact) mass is 325 g/mol. The van der Waals surface area contributed by atoms with Gasteiger partial charge in [0.15, 0.2) is 0 Å². The van der Waals surface area contributed by atoms with Crippen LogP contribution in [0.25, 0.3) is 0 Å². The van der Waals surface area contributed by atoms with Gasteiger partial charge in [-0.1, -0.05) is 0 Å². The van der Waals surface area contributed by atoms with Crippen molar-refractivity contribution < 1.29 is 19.2 Å². The maximum atomic E-state index is 8.88. The van der Waals surface area contributed by atoms with Gasteiger partial charge in [0.25, 0.3) is 0 Å². The average Bonchev–Trinajstić information content (AvgIpc) is 2.09. The predicted molar refractivity (Wildman–Crippen MR) is 82.9 cm³/mol. The molecule has 0 amide bonds. The molecule has 0 aliphatic rings. The molecule has 0 aromatic heterocycles. The second-order valence-electron chi connectivity index (χ2n) is 4.14. The summed E-state index contributed by atoms with van der Waals surface area (Å²) >= 11 is 9.17. The summed E-state index contributed by atoms with van der Waals surface area (Å²) in [7, 11) is -4.64. The van der Waals surface area contributed by atoms with Gasteiger partial charge in [0.1, 0.15) is 0 Å². The Bertz CT molecular complexity index is 231. The van der Waals surface area contributed by atoms with E-state index in [1.807, 2.05) is 0 Å². The zero-order chi connectivity index (χ0) is 14.2. The number of nitrogens with two attached hydrogens (primary N) is 1. The van der Waals surface area contributed by atoms with Crippen molar-refractivity contribution in [1.82, 2.24) is 0 Å². The van der Waals surface area contributed by atoms with Crippen LogP contribution < -0.4 is 5.50 Å². The Labute approximate surface area is 114 Å². The van der Waals surface area contributed by atoms with Crippen molar-refractivity contribution in [2.45, 2.75) is 39.5 Å². The van der Waals surface area contributed by atoms with Crippen molar-refractivity contribution in [3.05, 3.63) is 0 Å². The SMILES string of the molecule is CCCCP(N)(S)(S)CCCC.O=P(O)(O)O. The van der Waals surface area contributed by atoms with Crippen LogP contribution in [0.5, 0.6) is 0 Å². The maximum absolute atomic E-state index is 8.88. The van der Waals surface area contributed by atoms with Crippen molar-refractivity contribution in [3.63, 3.8) is 0 Å². The van der Waals surface area contributed by atoms with E-state index in [1.54, 1.807) is 0 Å². The average molecular weight is 325 g/mol. The zero-order valence-corrected chi connectivity index (χ0v) is 13.9. The van der Waals surface area contributed by atoms with Gasteiger partial charge in [-0.15, -0.1) is 0 Å².